The molecule has 0 fully saturated rings. The van der Waals surface area contributed by atoms with Gasteiger partial charge < -0.3 is 44.2 Å². The predicted octanol–water partition coefficient (Wildman–Crippen LogP) is 7.25. The van der Waals surface area contributed by atoms with Crippen LogP contribution in [0.2, 0.25) is 0 Å². The first kappa shape index (κ1) is 53.7. The first-order valence-corrected chi connectivity index (χ1v) is 23.2. The Kier molecular flexibility index (Phi) is 20.9. The maximum atomic E-state index is 13.8. The van der Waals surface area contributed by atoms with E-state index >= 15 is 0 Å². The van der Waals surface area contributed by atoms with Crippen molar-refractivity contribution in [2.45, 2.75) is 91.5 Å². The predicted molar refractivity (Wildman–Crippen MR) is 257 cm³/mol. The molecule has 0 unspecified atom stereocenters. The number of hydrogen-bond donors (Lipinski definition) is 3. The van der Waals surface area contributed by atoms with Gasteiger partial charge in [0, 0.05) is 12.5 Å². The van der Waals surface area contributed by atoms with Crippen LogP contribution in [0.3, 0.4) is 0 Å². The molecule has 3 atom stereocenters. The summed E-state index contributed by atoms with van der Waals surface area (Å²) in [7, 11) is 0. The molecule has 0 spiro atoms. The van der Waals surface area contributed by atoms with E-state index in [4.69, 9.17) is 28.2 Å². The Bertz CT molecular complexity index is 2580. The fraction of sp³-hybridized carbons (Fsp3) is 0.321. The summed E-state index contributed by atoms with van der Waals surface area (Å²) in [6, 6.07) is 28.7. The molecule has 4 aromatic carbocycles. The number of unbranched alkanes of at least 4 members (excludes halogenated alkanes) is 2. The molecule has 5 aromatic rings. The van der Waals surface area contributed by atoms with E-state index in [1.165, 1.54) is 55.5 Å². The van der Waals surface area contributed by atoms with E-state index in [9.17, 15) is 38.4 Å². The van der Waals surface area contributed by atoms with E-state index in [1.807, 2.05) is 19.1 Å². The molecule has 18 nitrogen and oxygen atoms in total. The Balaban J connectivity index is 1.22. The number of hydrogen-bond acceptors (Lipinski definition) is 14. The highest BCUT2D eigenvalue weighted by Gasteiger charge is 2.34. The summed E-state index contributed by atoms with van der Waals surface area (Å²) < 4.78 is 27.6. The largest absolute Gasteiger partial charge is 0.493 e. The van der Waals surface area contributed by atoms with Gasteiger partial charge in [-0.2, -0.15) is 5.06 Å². The van der Waals surface area contributed by atoms with Crippen LogP contribution in [0.25, 0.3) is 11.3 Å². The second-order valence-corrected chi connectivity index (χ2v) is 16.0. The zero-order valence-corrected chi connectivity index (χ0v) is 40.0. The minimum atomic E-state index is -1.41. The van der Waals surface area contributed by atoms with E-state index in [2.05, 4.69) is 16.0 Å². The molecule has 0 saturated heterocycles. The van der Waals surface area contributed by atoms with Gasteiger partial charge in [-0.3, -0.25) is 28.8 Å². The van der Waals surface area contributed by atoms with Crippen molar-refractivity contribution in [3.05, 3.63) is 143 Å². The van der Waals surface area contributed by atoms with Crippen molar-refractivity contribution in [2.24, 2.45) is 5.92 Å². The number of hydroxylamine groups is 2. The van der Waals surface area contributed by atoms with Crippen molar-refractivity contribution in [3.63, 3.8) is 0 Å². The molecule has 1 aromatic heterocycles. The number of carbonyl (C=O) groups excluding carboxylic acids is 8. The first-order valence-electron chi connectivity index (χ1n) is 23.2. The highest BCUT2D eigenvalue weighted by molar-refractivity contribution is 6.00. The molecule has 0 radical (unpaired) electrons. The van der Waals surface area contributed by atoms with Gasteiger partial charge in [-0.25, -0.2) is 9.59 Å². The average molecular weight is 975 g/mol. The van der Waals surface area contributed by atoms with Crippen LogP contribution < -0.4 is 25.4 Å². The van der Waals surface area contributed by atoms with Crippen LogP contribution in [0.15, 0.2) is 120 Å². The molecule has 71 heavy (non-hydrogen) atoms. The number of furan rings is 1. The average Bonchev–Trinajstić information content (AvgIpc) is 3.88. The second kappa shape index (κ2) is 27.6. The van der Waals surface area contributed by atoms with Crippen molar-refractivity contribution in [2.75, 3.05) is 13.3 Å². The third-order valence-corrected chi connectivity index (χ3v) is 10.9. The van der Waals surface area contributed by atoms with Gasteiger partial charge in [0.2, 0.25) is 12.3 Å². The number of carbonyl (C=O) groups is 8. The molecule has 0 saturated carbocycles. The monoisotopic (exact) mass is 974 g/mol. The van der Waals surface area contributed by atoms with E-state index in [0.29, 0.717) is 30.4 Å². The number of esters is 3. The molecule has 0 bridgehead atoms. The lowest BCUT2D eigenvalue weighted by atomic mass is 9.90. The van der Waals surface area contributed by atoms with Crippen LogP contribution in [0.1, 0.15) is 109 Å². The second-order valence-electron chi connectivity index (χ2n) is 16.0. The lowest BCUT2D eigenvalue weighted by Gasteiger charge is -2.31. The number of amides is 4. The van der Waals surface area contributed by atoms with Crippen LogP contribution in [-0.2, 0) is 51.5 Å². The lowest BCUT2D eigenvalue weighted by molar-refractivity contribution is -0.171. The third kappa shape index (κ3) is 16.4. The lowest BCUT2D eigenvalue weighted by Crippen LogP contribution is -2.49. The topological polar surface area (TPSA) is 235 Å². The van der Waals surface area contributed by atoms with Crippen molar-refractivity contribution in [1.82, 2.24) is 21.0 Å². The molecule has 18 heteroatoms. The van der Waals surface area contributed by atoms with Crippen molar-refractivity contribution >= 4 is 48.0 Å². The zero-order chi connectivity index (χ0) is 51.1. The van der Waals surface area contributed by atoms with Gasteiger partial charge in [0.15, 0.2) is 5.76 Å². The van der Waals surface area contributed by atoms with Gasteiger partial charge in [-0.1, -0.05) is 99.8 Å². The molecule has 1 heterocycles. The number of benzene rings is 4. The fourth-order valence-electron chi connectivity index (χ4n) is 7.30. The Morgan fingerprint density at radius 2 is 1.42 bits per heavy atom. The Labute approximate surface area is 411 Å². The first-order chi connectivity index (χ1) is 34.3. The number of rotatable bonds is 27. The van der Waals surface area contributed by atoms with Crippen LogP contribution in [0.4, 0.5) is 0 Å². The molecule has 5 rings (SSSR count). The summed E-state index contributed by atoms with van der Waals surface area (Å²) in [6.45, 7) is 6.42. The number of ether oxygens (including phenoxy) is 4. The SMILES string of the molecule is CCCCC[C@@H](C(=O)NCNC(=O)c1ccc(-c2ccc(C(=O)N[C@@H](CC(=O)OCc3ccccc3)C(=O)OCc3ccccc3)c(OCC)c2)o1)[C@@H](CC)N(C=O)OC(=O)c1ccc(OC(C)=O)cc1. The number of nitrogens with one attached hydrogen (secondary N) is 3. The van der Waals surface area contributed by atoms with Gasteiger partial charge in [0.05, 0.1) is 42.8 Å². The molecular weight excluding hydrogens is 917 g/mol. The van der Waals surface area contributed by atoms with Crippen LogP contribution in [-0.4, -0.2) is 78.4 Å². The minimum absolute atomic E-state index is 0.0354. The third-order valence-electron chi connectivity index (χ3n) is 10.9. The maximum Gasteiger partial charge on any atom is 0.363 e. The van der Waals surface area contributed by atoms with Crippen molar-refractivity contribution < 1.29 is 66.6 Å². The summed E-state index contributed by atoms with van der Waals surface area (Å²) in [4.78, 5) is 109. The van der Waals surface area contributed by atoms with E-state index in [0.717, 1.165) is 23.5 Å². The molecule has 4 amide bonds. The van der Waals surface area contributed by atoms with E-state index < -0.39 is 66.0 Å². The van der Waals surface area contributed by atoms with Crippen LogP contribution in [0.5, 0.6) is 11.5 Å². The van der Waals surface area contributed by atoms with E-state index in [1.54, 1.807) is 68.4 Å². The van der Waals surface area contributed by atoms with Crippen LogP contribution in [0, 0.1) is 5.92 Å². The quantitative estimate of drug-likeness (QED) is 0.0117. The zero-order valence-electron chi connectivity index (χ0n) is 40.0. The van der Waals surface area contributed by atoms with Crippen LogP contribution >= 0.6 is 0 Å². The van der Waals surface area contributed by atoms with Crippen molar-refractivity contribution in [3.8, 4) is 22.8 Å². The molecule has 0 aliphatic carbocycles. The number of nitrogens with zero attached hydrogens (tertiary/aromatic N) is 1. The van der Waals surface area contributed by atoms with E-state index in [-0.39, 0.29) is 67.1 Å². The summed E-state index contributed by atoms with van der Waals surface area (Å²) in [5.41, 5.74) is 1.99. The Morgan fingerprint density at radius 1 is 0.746 bits per heavy atom. The summed E-state index contributed by atoms with van der Waals surface area (Å²) in [6.07, 6.45) is 2.72. The summed E-state index contributed by atoms with van der Waals surface area (Å²) in [5.74, 6) is -5.23. The van der Waals surface area contributed by atoms with Gasteiger partial charge in [-0.05, 0) is 79.4 Å². The summed E-state index contributed by atoms with van der Waals surface area (Å²) in [5, 5.41) is 8.74. The smallest absolute Gasteiger partial charge is 0.363 e. The van der Waals surface area contributed by atoms with Gasteiger partial charge >= 0.3 is 23.9 Å². The molecule has 0 aliphatic rings. The maximum absolute atomic E-state index is 13.8. The molecular formula is C53H58N4O14. The molecule has 3 N–H and O–H groups in total. The Hall–Kier alpha value is -8.28. The van der Waals surface area contributed by atoms with Gasteiger partial charge in [-0.15, -0.1) is 0 Å². The standard InChI is InChI=1S/C53H58N4O14/c1-5-8-11-20-41(44(6-2)57(34-58)71-52(64)38-21-24-40(25-22-38)69-35(4)59)49(61)54-33-55-51(63)46-28-27-45(70-46)39-23-26-42(47(29-39)66-7-3)50(62)56-43(53(65)68-32-37-18-14-10-15-19-37)30-48(60)67-31-36-16-12-9-13-17-36/h9-10,12-19,21-29,34,41,43-44H,5-8,11,20,30-33H2,1-4H3,(H,54,61)(H,55,63)(H,56,62)/t41-,43+,44-/m1/s1. The highest BCUT2D eigenvalue weighted by Crippen LogP contribution is 2.30. The van der Waals surface area contributed by atoms with Gasteiger partial charge in [0.25, 0.3) is 11.8 Å². The fourth-order valence-corrected chi connectivity index (χ4v) is 7.30. The highest BCUT2D eigenvalue weighted by atomic mass is 16.7. The Morgan fingerprint density at radius 3 is 2.04 bits per heavy atom. The minimum Gasteiger partial charge on any atom is -0.493 e. The van der Waals surface area contributed by atoms with Gasteiger partial charge in [0.1, 0.15) is 36.5 Å². The van der Waals surface area contributed by atoms with Crippen molar-refractivity contribution in [1.29, 1.82) is 0 Å². The molecule has 374 valence electrons. The summed E-state index contributed by atoms with van der Waals surface area (Å²) >= 11 is 0. The normalized spacial score (nSPS) is 11.9. The molecule has 0 aliphatic heterocycles.